The van der Waals surface area contributed by atoms with E-state index in [-0.39, 0.29) is 11.3 Å². The van der Waals surface area contributed by atoms with Crippen molar-refractivity contribution in [2.75, 3.05) is 5.32 Å². The number of anilines is 1. The number of nitrogens with zero attached hydrogens (tertiary/aromatic N) is 5. The third kappa shape index (κ3) is 3.96. The molecule has 2 aromatic heterocycles. The largest absolute Gasteiger partial charge is 0.418 e. The Morgan fingerprint density at radius 1 is 1.10 bits per heavy atom. The molecule has 0 aliphatic heterocycles. The molecule has 11 heteroatoms. The predicted molar refractivity (Wildman–Crippen MR) is 104 cm³/mol. The highest BCUT2D eigenvalue weighted by molar-refractivity contribution is 7.99. The number of hydrogen-bond acceptors (Lipinski definition) is 6. The van der Waals surface area contributed by atoms with E-state index in [1.807, 2.05) is 0 Å². The Labute approximate surface area is 172 Å². The first-order valence-corrected chi connectivity index (χ1v) is 9.42. The molecule has 0 spiro atoms. The summed E-state index contributed by atoms with van der Waals surface area (Å²) in [6.07, 6.45) is -4.59. The fraction of sp³-hybridized carbons (Fsp3) is 0.105. The van der Waals surface area contributed by atoms with Crippen LogP contribution in [0.15, 0.2) is 64.8 Å². The zero-order valence-electron chi connectivity index (χ0n) is 15.4. The van der Waals surface area contributed by atoms with Crippen molar-refractivity contribution in [1.82, 2.24) is 25.2 Å². The van der Waals surface area contributed by atoms with Crippen LogP contribution in [0.25, 0.3) is 10.9 Å². The lowest BCUT2D eigenvalue weighted by molar-refractivity contribution is -0.136. The summed E-state index contributed by atoms with van der Waals surface area (Å²) in [5.74, 6) is -0.678. The van der Waals surface area contributed by atoms with E-state index in [9.17, 15) is 18.0 Å². The van der Waals surface area contributed by atoms with Crippen molar-refractivity contribution >= 4 is 34.3 Å². The molecule has 0 aliphatic carbocycles. The molecule has 0 radical (unpaired) electrons. The van der Waals surface area contributed by atoms with E-state index in [2.05, 4.69) is 25.8 Å². The average molecular weight is 430 g/mol. The number of alkyl halides is 3. The van der Waals surface area contributed by atoms with Gasteiger partial charge >= 0.3 is 6.18 Å². The van der Waals surface area contributed by atoms with Gasteiger partial charge in [0.05, 0.1) is 22.3 Å². The van der Waals surface area contributed by atoms with Crippen molar-refractivity contribution < 1.29 is 18.0 Å². The molecule has 0 atom stereocenters. The average Bonchev–Trinajstić information content (AvgIpc) is 3.11. The third-order valence-electron chi connectivity index (χ3n) is 4.20. The number of pyridine rings is 1. The number of tetrazole rings is 1. The van der Waals surface area contributed by atoms with E-state index in [1.165, 1.54) is 28.9 Å². The number of carbonyl (C=O) groups is 1. The van der Waals surface area contributed by atoms with Crippen LogP contribution >= 0.6 is 11.8 Å². The van der Waals surface area contributed by atoms with Crippen molar-refractivity contribution in [1.29, 1.82) is 0 Å². The molecule has 0 aliphatic rings. The summed E-state index contributed by atoms with van der Waals surface area (Å²) in [5.41, 5.74) is -0.527. The van der Waals surface area contributed by atoms with Crippen LogP contribution in [0.3, 0.4) is 0 Å². The van der Waals surface area contributed by atoms with E-state index in [1.54, 1.807) is 31.3 Å². The monoisotopic (exact) mass is 430 g/mol. The highest BCUT2D eigenvalue weighted by atomic mass is 32.2. The molecular weight excluding hydrogens is 417 g/mol. The molecular formula is C19H13F3N6OS. The van der Waals surface area contributed by atoms with E-state index in [4.69, 9.17) is 0 Å². The molecule has 0 saturated heterocycles. The fourth-order valence-electron chi connectivity index (χ4n) is 2.82. The van der Waals surface area contributed by atoms with Gasteiger partial charge in [-0.3, -0.25) is 4.79 Å². The second-order valence-corrected chi connectivity index (χ2v) is 7.20. The fourth-order valence-corrected chi connectivity index (χ4v) is 3.58. The summed E-state index contributed by atoms with van der Waals surface area (Å²) in [4.78, 5) is 17.5. The Kier molecular flexibility index (Phi) is 5.12. The molecule has 152 valence electrons. The molecule has 0 fully saturated rings. The molecule has 4 aromatic rings. The Morgan fingerprint density at radius 3 is 2.57 bits per heavy atom. The third-order valence-corrected chi connectivity index (χ3v) is 5.14. The molecule has 0 saturated carbocycles. The number of aromatic nitrogens is 5. The lowest BCUT2D eigenvalue weighted by Gasteiger charge is -2.14. The maximum absolute atomic E-state index is 13.3. The minimum atomic E-state index is -4.59. The molecule has 30 heavy (non-hydrogen) atoms. The second kappa shape index (κ2) is 7.75. The van der Waals surface area contributed by atoms with E-state index >= 15 is 0 Å². The van der Waals surface area contributed by atoms with Gasteiger partial charge in [0.1, 0.15) is 5.03 Å². The number of benzene rings is 2. The van der Waals surface area contributed by atoms with Crippen LogP contribution in [0.5, 0.6) is 0 Å². The summed E-state index contributed by atoms with van der Waals surface area (Å²) in [7, 11) is 1.66. The molecule has 2 aromatic carbocycles. The highest BCUT2D eigenvalue weighted by Gasteiger charge is 2.33. The number of halogens is 3. The summed E-state index contributed by atoms with van der Waals surface area (Å²) in [6.45, 7) is 0. The van der Waals surface area contributed by atoms with Crippen molar-refractivity contribution in [2.24, 2.45) is 7.05 Å². The number of rotatable bonds is 4. The molecule has 1 amide bonds. The number of fused-ring (bicyclic) bond motifs is 1. The van der Waals surface area contributed by atoms with Gasteiger partial charge in [-0.2, -0.15) is 13.2 Å². The number of nitrogens with one attached hydrogen (secondary N) is 1. The first kappa shape index (κ1) is 19.8. The van der Waals surface area contributed by atoms with E-state index in [0.29, 0.717) is 21.1 Å². The summed E-state index contributed by atoms with van der Waals surface area (Å²) >= 11 is 1.14. The number of para-hydroxylation sites is 2. The smallest absolute Gasteiger partial charge is 0.321 e. The van der Waals surface area contributed by atoms with Crippen molar-refractivity contribution in [3.8, 4) is 0 Å². The first-order chi connectivity index (χ1) is 14.3. The Balaban J connectivity index is 1.75. The van der Waals surface area contributed by atoms with Crippen LogP contribution in [-0.4, -0.2) is 31.1 Å². The maximum atomic E-state index is 13.3. The summed E-state index contributed by atoms with van der Waals surface area (Å²) < 4.78 is 41.3. The zero-order chi connectivity index (χ0) is 21.3. The molecule has 0 unspecified atom stereocenters. The molecule has 7 nitrogen and oxygen atoms in total. The number of amides is 1. The standard InChI is InChI=1S/C19H13F3N6OS/c1-28-18(25-26-27-28)30-16-10-12(11-6-2-4-8-14(11)23-16)17(29)24-15-9-5-3-7-13(15)19(20,21)22/h2-10H,1H3,(H,24,29). The summed E-state index contributed by atoms with van der Waals surface area (Å²) in [5, 5.41) is 14.9. The number of hydrogen-bond donors (Lipinski definition) is 1. The predicted octanol–water partition coefficient (Wildman–Crippen LogP) is 4.18. The highest BCUT2D eigenvalue weighted by Crippen LogP contribution is 2.35. The van der Waals surface area contributed by atoms with Gasteiger partial charge < -0.3 is 5.32 Å². The Morgan fingerprint density at radius 2 is 1.83 bits per heavy atom. The Bertz CT molecular complexity index is 1240. The number of carbonyl (C=O) groups excluding carboxylic acids is 1. The minimum absolute atomic E-state index is 0.190. The normalized spacial score (nSPS) is 11.6. The second-order valence-electron chi connectivity index (χ2n) is 6.21. The van der Waals surface area contributed by atoms with Crippen molar-refractivity contribution in [2.45, 2.75) is 16.4 Å². The SMILES string of the molecule is Cn1nnnc1Sc1cc(C(=O)Nc2ccccc2C(F)(F)F)c2ccccc2n1. The molecule has 1 N–H and O–H groups in total. The molecule has 4 rings (SSSR count). The van der Waals surface area contributed by atoms with Crippen LogP contribution in [0.2, 0.25) is 0 Å². The lowest BCUT2D eigenvalue weighted by Crippen LogP contribution is -2.17. The Hall–Kier alpha value is -3.47. The van der Waals surface area contributed by atoms with Gasteiger partial charge in [0.15, 0.2) is 0 Å². The lowest BCUT2D eigenvalue weighted by atomic mass is 10.1. The van der Waals surface area contributed by atoms with Gasteiger partial charge in [-0.1, -0.05) is 30.3 Å². The first-order valence-electron chi connectivity index (χ1n) is 8.60. The topological polar surface area (TPSA) is 85.6 Å². The molecule has 2 heterocycles. The van der Waals surface area contributed by atoms with Crippen molar-refractivity contribution in [3.63, 3.8) is 0 Å². The zero-order valence-corrected chi connectivity index (χ0v) is 16.2. The minimum Gasteiger partial charge on any atom is -0.321 e. The quantitative estimate of drug-likeness (QED) is 0.523. The van der Waals surface area contributed by atoms with Gasteiger partial charge in [-0.25, -0.2) is 9.67 Å². The van der Waals surface area contributed by atoms with Crippen LogP contribution in [0.1, 0.15) is 15.9 Å². The molecule has 0 bridgehead atoms. The van der Waals surface area contributed by atoms with Crippen LogP contribution in [0, 0.1) is 0 Å². The van der Waals surface area contributed by atoms with Gasteiger partial charge in [0, 0.05) is 12.4 Å². The van der Waals surface area contributed by atoms with Gasteiger partial charge in [-0.15, -0.1) is 5.10 Å². The van der Waals surface area contributed by atoms with E-state index < -0.39 is 17.6 Å². The summed E-state index contributed by atoms with van der Waals surface area (Å²) in [6, 6.07) is 13.2. The van der Waals surface area contributed by atoms with Crippen LogP contribution < -0.4 is 5.32 Å². The van der Waals surface area contributed by atoms with Crippen LogP contribution in [-0.2, 0) is 13.2 Å². The van der Waals surface area contributed by atoms with Gasteiger partial charge in [-0.05, 0) is 46.5 Å². The van der Waals surface area contributed by atoms with Gasteiger partial charge in [0.25, 0.3) is 5.91 Å². The van der Waals surface area contributed by atoms with Gasteiger partial charge in [0.2, 0.25) is 5.16 Å². The van der Waals surface area contributed by atoms with E-state index in [0.717, 1.165) is 17.8 Å². The van der Waals surface area contributed by atoms with Crippen molar-refractivity contribution in [3.05, 3.63) is 65.7 Å². The number of aryl methyl sites for hydroxylation is 1. The maximum Gasteiger partial charge on any atom is 0.418 e. The van der Waals surface area contributed by atoms with Crippen LogP contribution in [0.4, 0.5) is 18.9 Å².